The second-order valence-electron chi connectivity index (χ2n) is 7.09. The highest BCUT2D eigenvalue weighted by atomic mass is 127. The number of nitrogens with zero attached hydrogens (tertiary/aromatic N) is 2. The number of benzene rings is 2. The predicted octanol–water partition coefficient (Wildman–Crippen LogP) is 4.09. The van der Waals surface area contributed by atoms with Crippen LogP contribution in [0.15, 0.2) is 77.9 Å². The second kappa shape index (κ2) is 12.1. The Morgan fingerprint density at radius 2 is 1.81 bits per heavy atom. The Hall–Kier alpha value is -3.01. The molecule has 1 unspecified atom stereocenters. The SMILES string of the molecule is I.NC(=NCc1ccc(OCCOc2ccccc2)nc1)NC1CCOc2ccccc21. The van der Waals surface area contributed by atoms with Crippen molar-refractivity contribution >= 4 is 29.9 Å². The zero-order valence-corrected chi connectivity index (χ0v) is 20.0. The van der Waals surface area contributed by atoms with Crippen molar-refractivity contribution < 1.29 is 14.2 Å². The van der Waals surface area contributed by atoms with E-state index in [2.05, 4.69) is 15.3 Å². The summed E-state index contributed by atoms with van der Waals surface area (Å²) in [4.78, 5) is 8.76. The number of pyridine rings is 1. The van der Waals surface area contributed by atoms with E-state index >= 15 is 0 Å². The van der Waals surface area contributed by atoms with Crippen LogP contribution >= 0.6 is 24.0 Å². The average Bonchev–Trinajstić information content (AvgIpc) is 2.82. The number of hydrogen-bond acceptors (Lipinski definition) is 5. The van der Waals surface area contributed by atoms with E-state index in [1.807, 2.05) is 66.7 Å². The van der Waals surface area contributed by atoms with E-state index in [1.54, 1.807) is 6.20 Å². The van der Waals surface area contributed by atoms with Gasteiger partial charge in [0.15, 0.2) is 5.96 Å². The van der Waals surface area contributed by atoms with Crippen molar-refractivity contribution in [2.45, 2.75) is 19.0 Å². The topological polar surface area (TPSA) is 91.0 Å². The van der Waals surface area contributed by atoms with Gasteiger partial charge >= 0.3 is 0 Å². The smallest absolute Gasteiger partial charge is 0.213 e. The van der Waals surface area contributed by atoms with Crippen LogP contribution in [0.4, 0.5) is 0 Å². The third kappa shape index (κ3) is 6.74. The lowest BCUT2D eigenvalue weighted by Gasteiger charge is -2.26. The number of nitrogens with two attached hydrogens (primary N) is 1. The summed E-state index contributed by atoms with van der Waals surface area (Å²) in [5.74, 6) is 2.67. The fourth-order valence-corrected chi connectivity index (χ4v) is 3.30. The van der Waals surface area contributed by atoms with Crippen LogP contribution in [0.1, 0.15) is 23.6 Å². The number of ether oxygens (including phenoxy) is 3. The van der Waals surface area contributed by atoms with Gasteiger partial charge in [0.25, 0.3) is 0 Å². The fraction of sp³-hybridized carbons (Fsp3) is 0.250. The van der Waals surface area contributed by atoms with E-state index in [9.17, 15) is 0 Å². The molecule has 7 nitrogen and oxygen atoms in total. The second-order valence-corrected chi connectivity index (χ2v) is 7.09. The van der Waals surface area contributed by atoms with Crippen molar-refractivity contribution in [2.24, 2.45) is 10.7 Å². The van der Waals surface area contributed by atoms with E-state index in [-0.39, 0.29) is 30.0 Å². The summed E-state index contributed by atoms with van der Waals surface area (Å²) in [6.07, 6.45) is 2.59. The minimum atomic E-state index is 0. The summed E-state index contributed by atoms with van der Waals surface area (Å²) < 4.78 is 16.9. The zero-order chi connectivity index (χ0) is 21.3. The highest BCUT2D eigenvalue weighted by Crippen LogP contribution is 2.31. The van der Waals surface area contributed by atoms with Crippen LogP contribution in [0, 0.1) is 0 Å². The first kappa shape index (κ1) is 23.6. The standard InChI is InChI=1S/C24H26N4O3.HI/c25-24(28-21-12-13-30-22-9-5-4-8-20(21)22)27-17-18-10-11-23(26-16-18)31-15-14-29-19-6-2-1-3-7-19;/h1-11,16,21H,12-15,17H2,(H3,25,27,28);1H. The molecule has 3 N–H and O–H groups in total. The lowest BCUT2D eigenvalue weighted by atomic mass is 10.0. The van der Waals surface area contributed by atoms with Gasteiger partial charge in [0.2, 0.25) is 5.88 Å². The van der Waals surface area contributed by atoms with E-state index in [1.165, 1.54) is 0 Å². The van der Waals surface area contributed by atoms with Gasteiger partial charge < -0.3 is 25.3 Å². The molecule has 0 amide bonds. The molecule has 2 aromatic carbocycles. The highest BCUT2D eigenvalue weighted by molar-refractivity contribution is 14.0. The molecular weight excluding hydrogens is 519 g/mol. The zero-order valence-electron chi connectivity index (χ0n) is 17.6. The molecule has 0 bridgehead atoms. The Labute approximate surface area is 205 Å². The van der Waals surface area contributed by atoms with Crippen LogP contribution in [-0.2, 0) is 6.54 Å². The van der Waals surface area contributed by atoms with E-state index in [0.29, 0.717) is 38.2 Å². The van der Waals surface area contributed by atoms with Crippen LogP contribution in [0.3, 0.4) is 0 Å². The number of para-hydroxylation sites is 2. The third-order valence-electron chi connectivity index (χ3n) is 4.86. The largest absolute Gasteiger partial charge is 0.493 e. The molecule has 1 atom stereocenters. The van der Waals surface area contributed by atoms with Crippen molar-refractivity contribution in [3.63, 3.8) is 0 Å². The first-order valence-corrected chi connectivity index (χ1v) is 10.3. The molecule has 0 saturated heterocycles. The first-order chi connectivity index (χ1) is 15.3. The normalized spacial score (nSPS) is 15.0. The molecule has 2 heterocycles. The van der Waals surface area contributed by atoms with E-state index in [4.69, 9.17) is 19.9 Å². The van der Waals surface area contributed by atoms with Gasteiger partial charge in [-0.3, -0.25) is 0 Å². The summed E-state index contributed by atoms with van der Waals surface area (Å²) in [6, 6.07) is 21.5. The molecule has 1 aromatic heterocycles. The fourth-order valence-electron chi connectivity index (χ4n) is 3.30. The monoisotopic (exact) mass is 546 g/mol. The summed E-state index contributed by atoms with van der Waals surface area (Å²) >= 11 is 0. The van der Waals surface area contributed by atoms with E-state index in [0.717, 1.165) is 29.0 Å². The molecule has 1 aliphatic heterocycles. The minimum Gasteiger partial charge on any atom is -0.493 e. The van der Waals surface area contributed by atoms with Gasteiger partial charge in [-0.1, -0.05) is 42.5 Å². The molecule has 0 spiro atoms. The molecule has 8 heteroatoms. The number of nitrogens with one attached hydrogen (secondary N) is 1. The van der Waals surface area contributed by atoms with E-state index < -0.39 is 0 Å². The summed E-state index contributed by atoms with van der Waals surface area (Å²) in [7, 11) is 0. The maximum atomic E-state index is 6.11. The van der Waals surface area contributed by atoms with Gasteiger partial charge in [0.1, 0.15) is 24.7 Å². The van der Waals surface area contributed by atoms with Gasteiger partial charge in [0.05, 0.1) is 19.2 Å². The van der Waals surface area contributed by atoms with Crippen molar-refractivity contribution in [1.29, 1.82) is 0 Å². The van der Waals surface area contributed by atoms with Crippen LogP contribution in [0.25, 0.3) is 0 Å². The van der Waals surface area contributed by atoms with Crippen molar-refractivity contribution in [3.8, 4) is 17.4 Å². The van der Waals surface area contributed by atoms with Gasteiger partial charge in [-0.05, 0) is 23.8 Å². The Kier molecular flexibility index (Phi) is 8.97. The van der Waals surface area contributed by atoms with Crippen molar-refractivity contribution in [1.82, 2.24) is 10.3 Å². The summed E-state index contributed by atoms with van der Waals surface area (Å²) in [5.41, 5.74) is 8.16. The number of fused-ring (bicyclic) bond motifs is 1. The summed E-state index contributed by atoms with van der Waals surface area (Å²) in [6.45, 7) is 1.97. The molecule has 168 valence electrons. The van der Waals surface area contributed by atoms with Crippen LogP contribution in [0.5, 0.6) is 17.4 Å². The molecule has 1 aliphatic rings. The molecule has 3 aromatic rings. The maximum Gasteiger partial charge on any atom is 0.213 e. The molecule has 0 fully saturated rings. The lowest BCUT2D eigenvalue weighted by molar-refractivity contribution is 0.212. The average molecular weight is 546 g/mol. The molecule has 0 radical (unpaired) electrons. The Balaban J connectivity index is 0.00000289. The lowest BCUT2D eigenvalue weighted by Crippen LogP contribution is -2.37. The Morgan fingerprint density at radius 3 is 2.62 bits per heavy atom. The number of halogens is 1. The maximum absolute atomic E-state index is 6.11. The number of aliphatic imine (C=N–C) groups is 1. The van der Waals surface area contributed by atoms with Gasteiger partial charge in [-0.25, -0.2) is 9.98 Å². The molecule has 4 rings (SSSR count). The third-order valence-corrected chi connectivity index (χ3v) is 4.86. The number of aromatic nitrogens is 1. The quantitative estimate of drug-likeness (QED) is 0.192. The Bertz CT molecular complexity index is 1000. The predicted molar refractivity (Wildman–Crippen MR) is 135 cm³/mol. The highest BCUT2D eigenvalue weighted by Gasteiger charge is 2.21. The number of rotatable bonds is 8. The van der Waals surface area contributed by atoms with Crippen molar-refractivity contribution in [3.05, 3.63) is 84.1 Å². The minimum absolute atomic E-state index is 0. The van der Waals surface area contributed by atoms with Gasteiger partial charge in [0, 0.05) is 24.2 Å². The molecule has 0 saturated carbocycles. The molecule has 32 heavy (non-hydrogen) atoms. The number of guanidine groups is 1. The van der Waals surface area contributed by atoms with Gasteiger partial charge in [-0.2, -0.15) is 0 Å². The van der Waals surface area contributed by atoms with Crippen LogP contribution < -0.4 is 25.3 Å². The molecular formula is C24H27IN4O3. The molecule has 0 aliphatic carbocycles. The van der Waals surface area contributed by atoms with Gasteiger partial charge in [-0.15, -0.1) is 24.0 Å². The number of hydrogen-bond donors (Lipinski definition) is 2. The van der Waals surface area contributed by atoms with Crippen LogP contribution in [0.2, 0.25) is 0 Å². The Morgan fingerprint density at radius 1 is 1.03 bits per heavy atom. The van der Waals surface area contributed by atoms with Crippen LogP contribution in [-0.4, -0.2) is 30.8 Å². The first-order valence-electron chi connectivity index (χ1n) is 10.3. The van der Waals surface area contributed by atoms with Crippen molar-refractivity contribution in [2.75, 3.05) is 19.8 Å². The summed E-state index contributed by atoms with van der Waals surface area (Å²) in [5, 5.41) is 3.29.